The molecule has 1 aliphatic rings. The molecule has 3 aromatic rings. The van der Waals surface area contributed by atoms with E-state index >= 15 is 0 Å². The van der Waals surface area contributed by atoms with E-state index in [4.69, 9.17) is 0 Å². The van der Waals surface area contributed by atoms with Crippen LogP contribution in [0.1, 0.15) is 40.5 Å². The third-order valence-electron chi connectivity index (χ3n) is 5.30. The minimum Gasteiger partial charge on any atom is -0.321 e. The molecule has 3 N–H and O–H groups in total. The third kappa shape index (κ3) is 5.16. The highest BCUT2D eigenvalue weighted by atomic mass is 35.5. The predicted octanol–water partition coefficient (Wildman–Crippen LogP) is 3.76. The zero-order valence-corrected chi connectivity index (χ0v) is 16.9. The number of likely N-dealkylation sites (tertiary alicyclic amines) is 1. The number of H-pyrrole nitrogens is 2. The highest BCUT2D eigenvalue weighted by molar-refractivity contribution is 6.03. The Balaban J connectivity index is 0.00000240. The van der Waals surface area contributed by atoms with Gasteiger partial charge in [-0.2, -0.15) is 0 Å². The van der Waals surface area contributed by atoms with Crippen LogP contribution in [0, 0.1) is 0 Å². The van der Waals surface area contributed by atoms with E-state index in [0.717, 1.165) is 25.9 Å². The van der Waals surface area contributed by atoms with Gasteiger partial charge >= 0.3 is 5.69 Å². The third-order valence-corrected chi connectivity index (χ3v) is 5.30. The van der Waals surface area contributed by atoms with Crippen molar-refractivity contribution >= 4 is 24.0 Å². The summed E-state index contributed by atoms with van der Waals surface area (Å²) in [6.07, 6.45) is 2.15. The van der Waals surface area contributed by atoms with Crippen LogP contribution in [0.5, 0.6) is 0 Å². The lowest BCUT2D eigenvalue weighted by Gasteiger charge is -2.32. The SMILES string of the molecule is Cl.O=C(Nc1ccccc1)c1[nH]c(=O)[nH]c1CN1CCC(c2ccccc2)CC1. The molecule has 0 radical (unpaired) electrons. The Morgan fingerprint density at radius 1 is 0.966 bits per heavy atom. The highest BCUT2D eigenvalue weighted by Crippen LogP contribution is 2.28. The number of benzene rings is 2. The average molecular weight is 413 g/mol. The Bertz CT molecular complexity index is 977. The summed E-state index contributed by atoms with van der Waals surface area (Å²) >= 11 is 0. The van der Waals surface area contributed by atoms with Gasteiger partial charge < -0.3 is 15.3 Å². The van der Waals surface area contributed by atoms with Crippen LogP contribution in [0.25, 0.3) is 0 Å². The molecule has 2 aromatic carbocycles. The molecule has 152 valence electrons. The monoisotopic (exact) mass is 412 g/mol. The van der Waals surface area contributed by atoms with Crippen molar-refractivity contribution in [3.05, 3.63) is 88.1 Å². The zero-order chi connectivity index (χ0) is 19.3. The summed E-state index contributed by atoms with van der Waals surface area (Å²) in [5.41, 5.74) is 2.67. The number of anilines is 1. The lowest BCUT2D eigenvalue weighted by molar-refractivity contribution is 0.102. The number of carbonyl (C=O) groups is 1. The van der Waals surface area contributed by atoms with Gasteiger partial charge in [0, 0.05) is 12.2 Å². The maximum atomic E-state index is 12.6. The van der Waals surface area contributed by atoms with Gasteiger partial charge in [-0.05, 0) is 49.5 Å². The maximum absolute atomic E-state index is 12.6. The molecule has 1 aliphatic heterocycles. The van der Waals surface area contributed by atoms with Crippen molar-refractivity contribution in [3.8, 4) is 0 Å². The lowest BCUT2D eigenvalue weighted by atomic mass is 9.89. The Hall–Kier alpha value is -2.83. The van der Waals surface area contributed by atoms with Crippen LogP contribution < -0.4 is 11.0 Å². The zero-order valence-electron chi connectivity index (χ0n) is 16.1. The summed E-state index contributed by atoms with van der Waals surface area (Å²) in [5.74, 6) is 0.266. The standard InChI is InChI=1S/C22H24N4O2.ClH/c27-21(23-18-9-5-2-6-10-18)20-19(24-22(28)25-20)15-26-13-11-17(12-14-26)16-7-3-1-4-8-16;/h1-10,17H,11-15H2,(H,23,27)(H2,24,25,28);1H. The fraction of sp³-hybridized carbons (Fsp3) is 0.273. The molecule has 0 aliphatic carbocycles. The van der Waals surface area contributed by atoms with Gasteiger partial charge in [-0.3, -0.25) is 9.69 Å². The van der Waals surface area contributed by atoms with E-state index in [0.29, 0.717) is 29.5 Å². The molecule has 1 fully saturated rings. The molecule has 2 heterocycles. The summed E-state index contributed by atoms with van der Waals surface area (Å²) in [7, 11) is 0. The fourth-order valence-corrected chi connectivity index (χ4v) is 3.82. The molecule has 7 heteroatoms. The van der Waals surface area contributed by atoms with Crippen LogP contribution in [-0.2, 0) is 6.54 Å². The quantitative estimate of drug-likeness (QED) is 0.596. The van der Waals surface area contributed by atoms with E-state index in [1.807, 2.05) is 36.4 Å². The van der Waals surface area contributed by atoms with Gasteiger partial charge in [-0.25, -0.2) is 4.79 Å². The van der Waals surface area contributed by atoms with Crippen molar-refractivity contribution in [1.29, 1.82) is 0 Å². The van der Waals surface area contributed by atoms with Gasteiger partial charge in [0.25, 0.3) is 5.91 Å². The number of imidazole rings is 1. The van der Waals surface area contributed by atoms with Crippen molar-refractivity contribution < 1.29 is 4.79 Å². The number of para-hydroxylation sites is 1. The first-order valence-corrected chi connectivity index (χ1v) is 9.64. The van der Waals surface area contributed by atoms with E-state index in [-0.39, 0.29) is 24.0 Å². The number of aromatic amines is 2. The van der Waals surface area contributed by atoms with E-state index in [2.05, 4.69) is 44.5 Å². The summed E-state index contributed by atoms with van der Waals surface area (Å²) in [4.78, 5) is 32.2. The number of halogens is 1. The van der Waals surface area contributed by atoms with Crippen molar-refractivity contribution in [1.82, 2.24) is 14.9 Å². The van der Waals surface area contributed by atoms with Gasteiger partial charge in [0.05, 0.1) is 5.69 Å². The summed E-state index contributed by atoms with van der Waals surface area (Å²) in [5, 5.41) is 2.83. The lowest BCUT2D eigenvalue weighted by Crippen LogP contribution is -2.33. The fourth-order valence-electron chi connectivity index (χ4n) is 3.82. The van der Waals surface area contributed by atoms with Crippen molar-refractivity contribution in [2.24, 2.45) is 0 Å². The molecule has 0 bridgehead atoms. The number of hydrogen-bond donors (Lipinski definition) is 3. The Morgan fingerprint density at radius 2 is 1.59 bits per heavy atom. The number of amides is 1. The molecule has 1 aromatic heterocycles. The molecular weight excluding hydrogens is 388 g/mol. The van der Waals surface area contributed by atoms with E-state index in [1.165, 1.54) is 5.56 Å². The van der Waals surface area contributed by atoms with Gasteiger partial charge in [0.15, 0.2) is 0 Å². The average Bonchev–Trinajstić information content (AvgIpc) is 3.10. The number of carbonyl (C=O) groups excluding carboxylic acids is 1. The van der Waals surface area contributed by atoms with E-state index < -0.39 is 0 Å². The van der Waals surface area contributed by atoms with Crippen molar-refractivity contribution in [2.45, 2.75) is 25.3 Å². The number of hydrogen-bond acceptors (Lipinski definition) is 3. The molecule has 29 heavy (non-hydrogen) atoms. The van der Waals surface area contributed by atoms with Crippen LogP contribution >= 0.6 is 12.4 Å². The van der Waals surface area contributed by atoms with Gasteiger partial charge in [0.1, 0.15) is 5.69 Å². The van der Waals surface area contributed by atoms with Crippen molar-refractivity contribution in [2.75, 3.05) is 18.4 Å². The van der Waals surface area contributed by atoms with Gasteiger partial charge in [-0.15, -0.1) is 12.4 Å². The molecule has 0 spiro atoms. The maximum Gasteiger partial charge on any atom is 0.323 e. The number of nitrogens with zero attached hydrogens (tertiary/aromatic N) is 1. The Labute approximate surface area is 175 Å². The first kappa shape index (κ1) is 20.9. The predicted molar refractivity (Wildman–Crippen MR) is 117 cm³/mol. The smallest absolute Gasteiger partial charge is 0.321 e. The van der Waals surface area contributed by atoms with Crippen LogP contribution in [0.4, 0.5) is 5.69 Å². The largest absolute Gasteiger partial charge is 0.323 e. The van der Waals surface area contributed by atoms with E-state index in [1.54, 1.807) is 0 Å². The van der Waals surface area contributed by atoms with Gasteiger partial charge in [-0.1, -0.05) is 48.5 Å². The van der Waals surface area contributed by atoms with Crippen LogP contribution in [0.2, 0.25) is 0 Å². The molecule has 1 saturated heterocycles. The highest BCUT2D eigenvalue weighted by Gasteiger charge is 2.23. The first-order chi connectivity index (χ1) is 13.7. The molecule has 1 amide bonds. The van der Waals surface area contributed by atoms with E-state index in [9.17, 15) is 9.59 Å². The second kappa shape index (κ2) is 9.58. The minimum absolute atomic E-state index is 0. The molecule has 0 unspecified atom stereocenters. The molecule has 0 saturated carbocycles. The van der Waals surface area contributed by atoms with Crippen LogP contribution in [-0.4, -0.2) is 33.9 Å². The number of rotatable bonds is 5. The molecule has 0 atom stereocenters. The second-order valence-electron chi connectivity index (χ2n) is 7.21. The Morgan fingerprint density at radius 3 is 2.24 bits per heavy atom. The summed E-state index contributed by atoms with van der Waals surface area (Å²) in [6, 6.07) is 19.8. The van der Waals surface area contributed by atoms with Gasteiger partial charge in [0.2, 0.25) is 0 Å². The Kier molecular flexibility index (Phi) is 6.90. The summed E-state index contributed by atoms with van der Waals surface area (Å²) in [6.45, 7) is 2.43. The number of piperidine rings is 1. The van der Waals surface area contributed by atoms with Crippen LogP contribution in [0.15, 0.2) is 65.5 Å². The second-order valence-corrected chi connectivity index (χ2v) is 7.21. The minimum atomic E-state index is -0.354. The number of nitrogens with one attached hydrogen (secondary N) is 3. The molecule has 6 nitrogen and oxygen atoms in total. The topological polar surface area (TPSA) is 81.0 Å². The van der Waals surface area contributed by atoms with Crippen LogP contribution in [0.3, 0.4) is 0 Å². The molecule has 4 rings (SSSR count). The molecular formula is C22H25ClN4O2. The first-order valence-electron chi connectivity index (χ1n) is 9.64. The number of aromatic nitrogens is 2. The summed E-state index contributed by atoms with van der Waals surface area (Å²) < 4.78 is 0. The van der Waals surface area contributed by atoms with Crippen molar-refractivity contribution in [3.63, 3.8) is 0 Å². The normalized spacial score (nSPS) is 14.9.